The molecule has 0 unspecified atom stereocenters. The van der Waals surface area contributed by atoms with Crippen LogP contribution in [0.5, 0.6) is 0 Å². The predicted molar refractivity (Wildman–Crippen MR) is 52.7 cm³/mol. The Morgan fingerprint density at radius 2 is 1.64 bits per heavy atom. The van der Waals surface area contributed by atoms with Crippen molar-refractivity contribution in [2.45, 2.75) is 47.0 Å². The van der Waals surface area contributed by atoms with Crippen LogP contribution in [0.25, 0.3) is 0 Å². The largest absolute Gasteiger partial charge is 0.0856 e. The van der Waals surface area contributed by atoms with Crippen molar-refractivity contribution in [2.75, 3.05) is 0 Å². The van der Waals surface area contributed by atoms with Crippen molar-refractivity contribution in [3.05, 3.63) is 23.3 Å². The van der Waals surface area contributed by atoms with Gasteiger partial charge in [-0.15, -0.1) is 0 Å². The Morgan fingerprint density at radius 3 is 2.09 bits per heavy atom. The lowest BCUT2D eigenvalue weighted by molar-refractivity contribution is 1.05. The van der Waals surface area contributed by atoms with Gasteiger partial charge < -0.3 is 0 Å². The molecule has 64 valence electrons. The standard InChI is InChI=1S/C11H20/c1-5-7-11(4)9-8-10(3)6-2/h7-8H,5-6,9H2,1-4H3/b10-8+,11-7-. The minimum atomic E-state index is 1.13. The third kappa shape index (κ3) is 5.90. The van der Waals surface area contributed by atoms with Crippen molar-refractivity contribution in [3.8, 4) is 0 Å². The number of allylic oxidation sites excluding steroid dienone is 4. The smallest absolute Gasteiger partial charge is 0.0139 e. The number of rotatable bonds is 4. The van der Waals surface area contributed by atoms with E-state index < -0.39 is 0 Å². The highest BCUT2D eigenvalue weighted by Crippen LogP contribution is 2.06. The highest BCUT2D eigenvalue weighted by molar-refractivity contribution is 5.08. The lowest BCUT2D eigenvalue weighted by Gasteiger charge is -1.96. The van der Waals surface area contributed by atoms with Crippen molar-refractivity contribution >= 4 is 0 Å². The second-order valence-corrected chi connectivity index (χ2v) is 3.07. The maximum Gasteiger partial charge on any atom is -0.0139 e. The predicted octanol–water partition coefficient (Wildman–Crippen LogP) is 4.09. The highest BCUT2D eigenvalue weighted by atomic mass is 13.9. The molecule has 0 aromatic heterocycles. The van der Waals surface area contributed by atoms with Crippen LogP contribution in [0.4, 0.5) is 0 Å². The van der Waals surface area contributed by atoms with E-state index in [4.69, 9.17) is 0 Å². The summed E-state index contributed by atoms with van der Waals surface area (Å²) in [7, 11) is 0. The Kier molecular flexibility index (Phi) is 5.91. The molecule has 0 nitrogen and oxygen atoms in total. The van der Waals surface area contributed by atoms with Gasteiger partial charge in [0.05, 0.1) is 0 Å². The first-order valence-electron chi connectivity index (χ1n) is 4.52. The van der Waals surface area contributed by atoms with E-state index in [1.54, 1.807) is 0 Å². The van der Waals surface area contributed by atoms with E-state index in [0.717, 1.165) is 12.8 Å². The Bertz CT molecular complexity index is 149. The van der Waals surface area contributed by atoms with Gasteiger partial charge in [0.25, 0.3) is 0 Å². The number of hydrogen-bond acceptors (Lipinski definition) is 0. The normalized spacial score (nSPS) is 13.8. The average molecular weight is 152 g/mol. The zero-order valence-corrected chi connectivity index (χ0v) is 8.28. The topological polar surface area (TPSA) is 0 Å². The van der Waals surface area contributed by atoms with E-state index in [-0.39, 0.29) is 0 Å². The summed E-state index contributed by atoms with van der Waals surface area (Å²) in [6.07, 6.45) is 8.08. The molecule has 11 heavy (non-hydrogen) atoms. The van der Waals surface area contributed by atoms with E-state index in [0.29, 0.717) is 0 Å². The van der Waals surface area contributed by atoms with E-state index in [1.807, 2.05) is 0 Å². The van der Waals surface area contributed by atoms with Crippen LogP contribution in [-0.2, 0) is 0 Å². The summed E-state index contributed by atoms with van der Waals surface area (Å²) in [5.74, 6) is 0. The fraction of sp³-hybridized carbons (Fsp3) is 0.636. The van der Waals surface area contributed by atoms with Crippen LogP contribution in [-0.4, -0.2) is 0 Å². The molecule has 0 radical (unpaired) electrons. The molecule has 0 saturated carbocycles. The van der Waals surface area contributed by atoms with E-state index in [1.165, 1.54) is 17.6 Å². The van der Waals surface area contributed by atoms with Gasteiger partial charge in [0, 0.05) is 0 Å². The van der Waals surface area contributed by atoms with Gasteiger partial charge in [-0.3, -0.25) is 0 Å². The monoisotopic (exact) mass is 152 g/mol. The van der Waals surface area contributed by atoms with Gasteiger partial charge in [-0.05, 0) is 33.1 Å². The van der Waals surface area contributed by atoms with Gasteiger partial charge in [-0.25, -0.2) is 0 Å². The molecule has 0 aliphatic heterocycles. The first-order chi connectivity index (χ1) is 5.20. The first-order valence-corrected chi connectivity index (χ1v) is 4.52. The van der Waals surface area contributed by atoms with Gasteiger partial charge in [-0.2, -0.15) is 0 Å². The number of hydrogen-bond donors (Lipinski definition) is 0. The summed E-state index contributed by atoms with van der Waals surface area (Å²) in [6.45, 7) is 8.77. The van der Waals surface area contributed by atoms with Crippen LogP contribution in [0.15, 0.2) is 23.3 Å². The fourth-order valence-electron chi connectivity index (χ4n) is 0.911. The third-order valence-corrected chi connectivity index (χ3v) is 1.88. The van der Waals surface area contributed by atoms with Crippen molar-refractivity contribution in [2.24, 2.45) is 0 Å². The fourth-order valence-corrected chi connectivity index (χ4v) is 0.911. The highest BCUT2D eigenvalue weighted by Gasteiger charge is 1.86. The van der Waals surface area contributed by atoms with Crippen LogP contribution in [0.3, 0.4) is 0 Å². The molecular weight excluding hydrogens is 132 g/mol. The molecular formula is C11H20. The molecule has 0 bridgehead atoms. The maximum absolute atomic E-state index is 2.32. The van der Waals surface area contributed by atoms with Crippen LogP contribution >= 0.6 is 0 Å². The van der Waals surface area contributed by atoms with E-state index in [9.17, 15) is 0 Å². The van der Waals surface area contributed by atoms with Gasteiger partial charge in [0.15, 0.2) is 0 Å². The van der Waals surface area contributed by atoms with E-state index in [2.05, 4.69) is 39.8 Å². The SMILES string of the molecule is CC/C=C(/C)C/C=C(\C)CC. The minimum Gasteiger partial charge on any atom is -0.0856 e. The molecule has 0 atom stereocenters. The van der Waals surface area contributed by atoms with Crippen molar-refractivity contribution in [3.63, 3.8) is 0 Å². The van der Waals surface area contributed by atoms with Gasteiger partial charge in [-0.1, -0.05) is 37.1 Å². The summed E-state index contributed by atoms with van der Waals surface area (Å²) in [4.78, 5) is 0. The lowest BCUT2D eigenvalue weighted by Crippen LogP contribution is -1.76. The van der Waals surface area contributed by atoms with Crippen molar-refractivity contribution in [1.29, 1.82) is 0 Å². The molecule has 0 N–H and O–H groups in total. The zero-order valence-electron chi connectivity index (χ0n) is 8.28. The Morgan fingerprint density at radius 1 is 1.00 bits per heavy atom. The third-order valence-electron chi connectivity index (χ3n) is 1.88. The molecule has 0 aromatic rings. The lowest BCUT2D eigenvalue weighted by atomic mass is 10.1. The molecule has 0 aromatic carbocycles. The molecule has 0 heterocycles. The van der Waals surface area contributed by atoms with Crippen LogP contribution in [0.1, 0.15) is 47.0 Å². The molecule has 0 spiro atoms. The zero-order chi connectivity index (χ0) is 8.69. The van der Waals surface area contributed by atoms with E-state index >= 15 is 0 Å². The summed E-state index contributed by atoms with van der Waals surface area (Å²) in [5.41, 5.74) is 2.98. The Balaban J connectivity index is 3.77. The van der Waals surface area contributed by atoms with Gasteiger partial charge >= 0.3 is 0 Å². The Labute approximate surface area is 71.0 Å². The molecule has 0 saturated heterocycles. The maximum atomic E-state index is 2.32. The van der Waals surface area contributed by atoms with Crippen LogP contribution in [0, 0.1) is 0 Å². The molecule has 0 amide bonds. The first kappa shape index (κ1) is 10.5. The molecule has 0 heteroatoms. The molecule has 0 aliphatic rings. The molecule has 0 aliphatic carbocycles. The summed E-state index contributed by atoms with van der Waals surface area (Å²) < 4.78 is 0. The quantitative estimate of drug-likeness (QED) is 0.532. The van der Waals surface area contributed by atoms with Gasteiger partial charge in [0.2, 0.25) is 0 Å². The van der Waals surface area contributed by atoms with Gasteiger partial charge in [0.1, 0.15) is 0 Å². The summed E-state index contributed by atoms with van der Waals surface area (Å²) in [5, 5.41) is 0. The minimum absolute atomic E-state index is 1.13. The molecule has 0 rings (SSSR count). The second-order valence-electron chi connectivity index (χ2n) is 3.07. The molecule has 0 fully saturated rings. The average Bonchev–Trinajstić information content (AvgIpc) is 2.01. The van der Waals surface area contributed by atoms with Crippen LogP contribution in [0.2, 0.25) is 0 Å². The summed E-state index contributed by atoms with van der Waals surface area (Å²) in [6, 6.07) is 0. The summed E-state index contributed by atoms with van der Waals surface area (Å²) >= 11 is 0. The van der Waals surface area contributed by atoms with Crippen molar-refractivity contribution < 1.29 is 0 Å². The second kappa shape index (κ2) is 6.21. The van der Waals surface area contributed by atoms with Crippen LogP contribution < -0.4 is 0 Å². The Hall–Kier alpha value is -0.520. The van der Waals surface area contributed by atoms with Crippen molar-refractivity contribution in [1.82, 2.24) is 0 Å².